The first-order valence-electron chi connectivity index (χ1n) is 11.8. The lowest BCUT2D eigenvalue weighted by Gasteiger charge is -2.31. The van der Waals surface area contributed by atoms with E-state index < -0.39 is 0 Å². The van der Waals surface area contributed by atoms with E-state index in [0.717, 1.165) is 28.8 Å². The van der Waals surface area contributed by atoms with E-state index in [9.17, 15) is 9.59 Å². The Morgan fingerprint density at radius 1 is 1.08 bits per heavy atom. The Kier molecular flexibility index (Phi) is 5.60. The summed E-state index contributed by atoms with van der Waals surface area (Å²) in [5.74, 6) is 0.203. The molecule has 0 atom stereocenters. The number of nitrogens with zero attached hydrogens (tertiary/aromatic N) is 8. The topological polar surface area (TPSA) is 161 Å². The molecule has 12 heteroatoms. The fourth-order valence-electron chi connectivity index (χ4n) is 4.72. The Bertz CT molecular complexity index is 1570. The number of H-pyrrole nitrogens is 1. The maximum absolute atomic E-state index is 12.6. The average Bonchev–Trinajstić information content (AvgIpc) is 3.64. The number of rotatable bonds is 5. The van der Waals surface area contributed by atoms with Crippen LogP contribution in [0.4, 0.5) is 5.82 Å². The highest BCUT2D eigenvalue weighted by molar-refractivity contribution is 5.90. The van der Waals surface area contributed by atoms with E-state index in [1.165, 1.54) is 10.8 Å². The lowest BCUT2D eigenvalue weighted by molar-refractivity contribution is 0.0699. The lowest BCUT2D eigenvalue weighted by atomic mass is 9.90. The lowest BCUT2D eigenvalue weighted by Crippen LogP contribution is -2.38. The quantitative estimate of drug-likeness (QED) is 0.349. The van der Waals surface area contributed by atoms with Crippen LogP contribution in [0, 0.1) is 0 Å². The van der Waals surface area contributed by atoms with Crippen molar-refractivity contribution in [2.75, 3.05) is 18.8 Å². The van der Waals surface area contributed by atoms with Gasteiger partial charge in [0.25, 0.3) is 5.91 Å². The third kappa shape index (κ3) is 3.97. The molecule has 12 nitrogen and oxygen atoms in total. The molecule has 1 amide bonds. The minimum absolute atomic E-state index is 0.0429. The molecule has 1 aliphatic rings. The number of piperidine rings is 1. The van der Waals surface area contributed by atoms with Crippen molar-refractivity contribution in [1.82, 2.24) is 44.6 Å². The summed E-state index contributed by atoms with van der Waals surface area (Å²) < 4.78 is 1.48. The predicted molar refractivity (Wildman–Crippen MR) is 134 cm³/mol. The highest BCUT2D eigenvalue weighted by atomic mass is 16.2. The number of aromatic nitrogens is 8. The van der Waals surface area contributed by atoms with Gasteiger partial charge in [0.2, 0.25) is 5.82 Å². The largest absolute Gasteiger partial charge is 0.383 e. The molecule has 0 bridgehead atoms. The summed E-state index contributed by atoms with van der Waals surface area (Å²) in [4.78, 5) is 42.9. The van der Waals surface area contributed by atoms with Gasteiger partial charge in [-0.3, -0.25) is 19.6 Å². The van der Waals surface area contributed by atoms with E-state index in [1.807, 2.05) is 30.3 Å². The number of fused-ring (bicyclic) bond motifs is 1. The third-order valence-corrected chi connectivity index (χ3v) is 6.66. The van der Waals surface area contributed by atoms with Gasteiger partial charge in [0, 0.05) is 42.5 Å². The van der Waals surface area contributed by atoms with Crippen LogP contribution in [0.25, 0.3) is 28.2 Å². The summed E-state index contributed by atoms with van der Waals surface area (Å²) in [6, 6.07) is 9.50. The molecule has 0 radical (unpaired) electrons. The fourth-order valence-corrected chi connectivity index (χ4v) is 4.72. The number of carbonyl (C=O) groups excluding carboxylic acids is 2. The molecule has 6 heterocycles. The summed E-state index contributed by atoms with van der Waals surface area (Å²) in [5.41, 5.74) is 11.0. The van der Waals surface area contributed by atoms with Crippen molar-refractivity contribution in [1.29, 1.82) is 0 Å². The molecular weight excluding hydrogens is 472 g/mol. The number of pyridine rings is 2. The molecule has 0 spiro atoms. The number of carbonyl (C=O) groups is 2. The van der Waals surface area contributed by atoms with Gasteiger partial charge in [-0.05, 0) is 31.0 Å². The molecule has 184 valence electrons. The summed E-state index contributed by atoms with van der Waals surface area (Å²) >= 11 is 0. The van der Waals surface area contributed by atoms with Gasteiger partial charge in [-0.15, -0.1) is 10.2 Å². The van der Waals surface area contributed by atoms with Crippen LogP contribution in [0.15, 0.2) is 55.2 Å². The maximum Gasteiger partial charge on any atom is 0.291 e. The second kappa shape index (κ2) is 9.22. The number of aromatic amines is 1. The van der Waals surface area contributed by atoms with E-state index in [1.54, 1.807) is 23.5 Å². The van der Waals surface area contributed by atoms with E-state index in [4.69, 9.17) is 10.7 Å². The number of hydrogen-bond donors (Lipinski definition) is 2. The fraction of sp³-hybridized carbons (Fsp3) is 0.200. The second-order valence-electron chi connectivity index (χ2n) is 8.76. The molecule has 37 heavy (non-hydrogen) atoms. The Balaban J connectivity index is 1.31. The average molecular weight is 495 g/mol. The minimum Gasteiger partial charge on any atom is -0.383 e. The van der Waals surface area contributed by atoms with Crippen molar-refractivity contribution in [3.05, 3.63) is 72.3 Å². The van der Waals surface area contributed by atoms with Gasteiger partial charge in [-0.25, -0.2) is 4.98 Å². The van der Waals surface area contributed by atoms with Crippen LogP contribution in [-0.2, 0) is 0 Å². The van der Waals surface area contributed by atoms with Crippen molar-refractivity contribution in [3.8, 4) is 22.5 Å². The number of anilines is 1. The zero-order chi connectivity index (χ0) is 25.4. The van der Waals surface area contributed by atoms with Gasteiger partial charge in [-0.2, -0.15) is 9.61 Å². The molecule has 0 aliphatic carbocycles. The molecule has 6 rings (SSSR count). The van der Waals surface area contributed by atoms with Gasteiger partial charge in [-0.1, -0.05) is 12.1 Å². The van der Waals surface area contributed by atoms with Crippen LogP contribution < -0.4 is 5.73 Å². The zero-order valence-electron chi connectivity index (χ0n) is 19.7. The molecule has 5 aromatic rings. The van der Waals surface area contributed by atoms with E-state index in [-0.39, 0.29) is 23.5 Å². The van der Waals surface area contributed by atoms with Gasteiger partial charge in [0.1, 0.15) is 12.1 Å². The van der Waals surface area contributed by atoms with Crippen molar-refractivity contribution >= 4 is 23.7 Å². The van der Waals surface area contributed by atoms with Crippen LogP contribution >= 0.6 is 0 Å². The van der Waals surface area contributed by atoms with E-state index in [2.05, 4.69) is 30.2 Å². The summed E-state index contributed by atoms with van der Waals surface area (Å²) in [5, 5.41) is 11.9. The standard InChI is InChI=1S/C25H22N10O2/c26-22-18(13-36)21(15-6-9-34(10-7-15)25(37)23-29-14-30-33-23)32-24-17(12-31-35(22)24)16-4-5-20(28-11-16)19-3-1-2-8-27-19/h1-5,8,11-15H,6-7,9-10,26H2,(H,29,30,33). The molecule has 0 aromatic carbocycles. The highest BCUT2D eigenvalue weighted by Gasteiger charge is 2.30. The predicted octanol–water partition coefficient (Wildman–Crippen LogP) is 2.39. The highest BCUT2D eigenvalue weighted by Crippen LogP contribution is 2.34. The normalized spacial score (nSPS) is 14.2. The third-order valence-electron chi connectivity index (χ3n) is 6.66. The van der Waals surface area contributed by atoms with Gasteiger partial charge in [0.05, 0.1) is 28.8 Å². The Morgan fingerprint density at radius 2 is 1.92 bits per heavy atom. The van der Waals surface area contributed by atoms with Crippen molar-refractivity contribution in [3.63, 3.8) is 0 Å². The van der Waals surface area contributed by atoms with Crippen LogP contribution in [0.5, 0.6) is 0 Å². The van der Waals surface area contributed by atoms with Gasteiger partial charge >= 0.3 is 0 Å². The summed E-state index contributed by atoms with van der Waals surface area (Å²) in [7, 11) is 0. The number of likely N-dealkylation sites (tertiary alicyclic amines) is 1. The maximum atomic E-state index is 12.6. The Hall–Kier alpha value is -5.00. The molecular formula is C25H22N10O2. The first-order valence-corrected chi connectivity index (χ1v) is 11.8. The van der Waals surface area contributed by atoms with Crippen LogP contribution in [0.1, 0.15) is 45.4 Å². The zero-order valence-corrected chi connectivity index (χ0v) is 19.7. The Morgan fingerprint density at radius 3 is 2.59 bits per heavy atom. The van der Waals surface area contributed by atoms with E-state index >= 15 is 0 Å². The van der Waals surface area contributed by atoms with Crippen molar-refractivity contribution in [2.45, 2.75) is 18.8 Å². The summed E-state index contributed by atoms with van der Waals surface area (Å²) in [6.07, 6.45) is 8.52. The number of nitrogen functional groups attached to an aromatic ring is 1. The molecule has 5 aromatic heterocycles. The molecule has 3 N–H and O–H groups in total. The van der Waals surface area contributed by atoms with Crippen LogP contribution in [0.3, 0.4) is 0 Å². The molecule has 1 aliphatic heterocycles. The number of aldehydes is 1. The number of nitrogens with one attached hydrogen (secondary N) is 1. The monoisotopic (exact) mass is 494 g/mol. The first kappa shape index (κ1) is 22.5. The number of hydrogen-bond acceptors (Lipinski definition) is 9. The van der Waals surface area contributed by atoms with Crippen molar-refractivity contribution in [2.24, 2.45) is 0 Å². The molecule has 0 unspecified atom stereocenters. The first-order chi connectivity index (χ1) is 18.1. The Labute approximate surface area is 210 Å². The van der Waals surface area contributed by atoms with Crippen LogP contribution in [0.2, 0.25) is 0 Å². The minimum atomic E-state index is -0.200. The number of amides is 1. The smallest absolute Gasteiger partial charge is 0.291 e. The van der Waals surface area contributed by atoms with Gasteiger partial charge in [0.15, 0.2) is 11.9 Å². The molecule has 1 fully saturated rings. The number of nitrogens with two attached hydrogens (primary N) is 1. The SMILES string of the molecule is Nc1c(C=O)c(C2CCN(C(=O)c3nnc[nH]3)CC2)nc2c(-c3ccc(-c4ccccn4)nc3)cnn12. The second-order valence-corrected chi connectivity index (χ2v) is 8.76. The molecule has 0 saturated carbocycles. The van der Waals surface area contributed by atoms with E-state index in [0.29, 0.717) is 42.8 Å². The van der Waals surface area contributed by atoms with Crippen LogP contribution in [-0.4, -0.2) is 69.9 Å². The summed E-state index contributed by atoms with van der Waals surface area (Å²) in [6.45, 7) is 1.00. The molecule has 1 saturated heterocycles. The van der Waals surface area contributed by atoms with Gasteiger partial charge < -0.3 is 15.6 Å². The van der Waals surface area contributed by atoms with Crippen molar-refractivity contribution < 1.29 is 9.59 Å².